The molecule has 2 atom stereocenters. The first kappa shape index (κ1) is 10.7. The van der Waals surface area contributed by atoms with E-state index in [4.69, 9.17) is 9.47 Å². The summed E-state index contributed by atoms with van der Waals surface area (Å²) in [5.74, 6) is -1.65. The quantitative estimate of drug-likeness (QED) is 0.596. The second-order valence-corrected chi connectivity index (χ2v) is 3.61. The van der Waals surface area contributed by atoms with Gasteiger partial charge in [0.1, 0.15) is 0 Å². The van der Waals surface area contributed by atoms with Gasteiger partial charge in [0, 0.05) is 6.92 Å². The van der Waals surface area contributed by atoms with Gasteiger partial charge >= 0.3 is 11.9 Å². The molecule has 0 spiro atoms. The minimum Gasteiger partial charge on any atom is -0.443 e. The zero-order chi connectivity index (χ0) is 11.1. The molecule has 0 aliphatic carbocycles. The lowest BCUT2D eigenvalue weighted by Gasteiger charge is -2.49. The van der Waals surface area contributed by atoms with E-state index < -0.39 is 23.1 Å². The van der Waals surface area contributed by atoms with Gasteiger partial charge in [-0.15, -0.1) is 0 Å². The van der Waals surface area contributed by atoms with E-state index in [9.17, 15) is 14.4 Å². The standard InChI is InChI=1S/C9H12O5/c1-5(10)8(3)9(4,7(12)14-8)13-6(2)11/h1-4H3/t8-,9+/m1/s1. The zero-order valence-corrected chi connectivity index (χ0v) is 8.54. The van der Waals surface area contributed by atoms with Crippen molar-refractivity contribution in [2.45, 2.75) is 38.9 Å². The number of Topliss-reactive ketones (excluding diaryl/α,β-unsaturated/α-hetero) is 1. The summed E-state index contributed by atoms with van der Waals surface area (Å²) in [7, 11) is 0. The summed E-state index contributed by atoms with van der Waals surface area (Å²) in [5, 5.41) is 0. The van der Waals surface area contributed by atoms with Crippen molar-refractivity contribution in [2.24, 2.45) is 0 Å². The molecule has 0 aromatic heterocycles. The van der Waals surface area contributed by atoms with Crippen molar-refractivity contribution in [3.8, 4) is 0 Å². The summed E-state index contributed by atoms with van der Waals surface area (Å²) < 4.78 is 9.57. The van der Waals surface area contributed by atoms with Crippen LogP contribution in [0, 0.1) is 0 Å². The van der Waals surface area contributed by atoms with Gasteiger partial charge < -0.3 is 9.47 Å². The summed E-state index contributed by atoms with van der Waals surface area (Å²) in [5.41, 5.74) is -2.83. The topological polar surface area (TPSA) is 69.7 Å². The maximum absolute atomic E-state index is 11.2. The van der Waals surface area contributed by atoms with Crippen LogP contribution >= 0.6 is 0 Å². The Bertz CT molecular complexity index is 321. The molecule has 1 aliphatic rings. The Morgan fingerprint density at radius 1 is 1.29 bits per heavy atom. The van der Waals surface area contributed by atoms with Crippen LogP contribution in [-0.2, 0) is 23.9 Å². The van der Waals surface area contributed by atoms with E-state index in [-0.39, 0.29) is 5.78 Å². The number of rotatable bonds is 2. The van der Waals surface area contributed by atoms with Crippen molar-refractivity contribution in [1.29, 1.82) is 0 Å². The van der Waals surface area contributed by atoms with Crippen LogP contribution in [0.1, 0.15) is 27.7 Å². The minimum atomic E-state index is -1.48. The summed E-state index contributed by atoms with van der Waals surface area (Å²) in [6.45, 7) is 5.27. The van der Waals surface area contributed by atoms with Crippen molar-refractivity contribution in [2.75, 3.05) is 0 Å². The number of cyclic esters (lactones) is 1. The fraction of sp³-hybridized carbons (Fsp3) is 0.667. The Morgan fingerprint density at radius 2 is 1.79 bits per heavy atom. The smallest absolute Gasteiger partial charge is 0.356 e. The van der Waals surface area contributed by atoms with Gasteiger partial charge in [0.05, 0.1) is 0 Å². The van der Waals surface area contributed by atoms with Crippen LogP contribution in [-0.4, -0.2) is 28.9 Å². The molecule has 0 unspecified atom stereocenters. The maximum Gasteiger partial charge on any atom is 0.356 e. The van der Waals surface area contributed by atoms with Crippen LogP contribution < -0.4 is 0 Å². The van der Waals surface area contributed by atoms with Crippen molar-refractivity contribution in [1.82, 2.24) is 0 Å². The lowest BCUT2D eigenvalue weighted by Crippen LogP contribution is -2.73. The number of carbonyl (C=O) groups is 3. The Morgan fingerprint density at radius 3 is 2.07 bits per heavy atom. The van der Waals surface area contributed by atoms with E-state index in [0.29, 0.717) is 0 Å². The molecule has 5 heteroatoms. The van der Waals surface area contributed by atoms with Crippen LogP contribution in [0.25, 0.3) is 0 Å². The third kappa shape index (κ3) is 1.12. The van der Waals surface area contributed by atoms with Gasteiger partial charge in [-0.3, -0.25) is 9.59 Å². The van der Waals surface area contributed by atoms with Crippen LogP contribution in [0.15, 0.2) is 0 Å². The molecule has 1 heterocycles. The van der Waals surface area contributed by atoms with Crippen LogP contribution in [0.5, 0.6) is 0 Å². The summed E-state index contributed by atoms with van der Waals surface area (Å²) in [6.07, 6.45) is 0. The highest BCUT2D eigenvalue weighted by molar-refractivity contribution is 6.03. The molecule has 0 aromatic carbocycles. The first-order valence-electron chi connectivity index (χ1n) is 4.18. The van der Waals surface area contributed by atoms with Gasteiger partial charge in [0.25, 0.3) is 5.60 Å². The lowest BCUT2D eigenvalue weighted by atomic mass is 9.77. The molecule has 0 amide bonds. The normalized spacial score (nSPS) is 35.6. The largest absolute Gasteiger partial charge is 0.443 e. The molecule has 1 rings (SSSR count). The third-order valence-electron chi connectivity index (χ3n) is 2.62. The van der Waals surface area contributed by atoms with Crippen molar-refractivity contribution in [3.63, 3.8) is 0 Å². The molecule has 0 N–H and O–H groups in total. The molecule has 0 bridgehead atoms. The molecule has 5 nitrogen and oxygen atoms in total. The minimum absolute atomic E-state index is 0.346. The SMILES string of the molecule is CC(=O)O[C@@]1(C)C(=O)O[C@]1(C)C(C)=O. The van der Waals surface area contributed by atoms with Gasteiger partial charge in [-0.25, -0.2) is 4.79 Å². The van der Waals surface area contributed by atoms with Crippen LogP contribution in [0.4, 0.5) is 0 Å². The van der Waals surface area contributed by atoms with Crippen molar-refractivity contribution in [3.05, 3.63) is 0 Å². The predicted molar refractivity (Wildman–Crippen MR) is 45.3 cm³/mol. The Kier molecular flexibility index (Phi) is 2.14. The lowest BCUT2D eigenvalue weighted by molar-refractivity contribution is -0.258. The monoisotopic (exact) mass is 200 g/mol. The number of hydrogen-bond donors (Lipinski definition) is 0. The van der Waals surface area contributed by atoms with Crippen LogP contribution in [0.2, 0.25) is 0 Å². The summed E-state index contributed by atoms with van der Waals surface area (Å²) in [4.78, 5) is 33.1. The number of ether oxygens (including phenoxy) is 2. The first-order valence-corrected chi connectivity index (χ1v) is 4.18. The van der Waals surface area contributed by atoms with Crippen LogP contribution in [0.3, 0.4) is 0 Å². The van der Waals surface area contributed by atoms with Gasteiger partial charge in [-0.1, -0.05) is 0 Å². The molecule has 1 aliphatic heterocycles. The molecular weight excluding hydrogens is 188 g/mol. The second kappa shape index (κ2) is 2.80. The molecule has 78 valence electrons. The average Bonchev–Trinajstić information content (AvgIpc) is 2.02. The van der Waals surface area contributed by atoms with Gasteiger partial charge in [-0.2, -0.15) is 0 Å². The van der Waals surface area contributed by atoms with Crippen molar-refractivity contribution < 1.29 is 23.9 Å². The predicted octanol–water partition coefficient (Wildman–Crippen LogP) is 0.213. The molecule has 1 fully saturated rings. The highest BCUT2D eigenvalue weighted by Crippen LogP contribution is 2.41. The molecule has 0 saturated carbocycles. The van der Waals surface area contributed by atoms with E-state index in [0.717, 1.165) is 0 Å². The first-order chi connectivity index (χ1) is 6.24. The van der Waals surface area contributed by atoms with E-state index in [1.165, 1.54) is 27.7 Å². The van der Waals surface area contributed by atoms with Gasteiger partial charge in [-0.05, 0) is 20.8 Å². The number of ketones is 1. The van der Waals surface area contributed by atoms with E-state index in [1.54, 1.807) is 0 Å². The van der Waals surface area contributed by atoms with Gasteiger partial charge in [0.2, 0.25) is 5.60 Å². The Labute approximate surface area is 81.4 Å². The van der Waals surface area contributed by atoms with E-state index in [1.807, 2.05) is 0 Å². The van der Waals surface area contributed by atoms with Crippen molar-refractivity contribution >= 4 is 17.7 Å². The van der Waals surface area contributed by atoms with E-state index in [2.05, 4.69) is 0 Å². The molecule has 0 aromatic rings. The molecular formula is C9H12O5. The second-order valence-electron chi connectivity index (χ2n) is 3.61. The highest BCUT2D eigenvalue weighted by Gasteiger charge is 2.69. The maximum atomic E-state index is 11.2. The fourth-order valence-corrected chi connectivity index (χ4v) is 1.36. The Hall–Kier alpha value is -1.39. The summed E-state index contributed by atoms with van der Waals surface area (Å²) >= 11 is 0. The number of esters is 2. The number of carbonyl (C=O) groups excluding carboxylic acids is 3. The Balaban J connectivity index is 3.00. The molecule has 0 radical (unpaired) electrons. The molecule has 1 saturated heterocycles. The molecule has 14 heavy (non-hydrogen) atoms. The summed E-state index contributed by atoms with van der Waals surface area (Å²) in [6, 6.07) is 0. The zero-order valence-electron chi connectivity index (χ0n) is 8.54. The fourth-order valence-electron chi connectivity index (χ4n) is 1.36. The van der Waals surface area contributed by atoms with E-state index >= 15 is 0 Å². The third-order valence-corrected chi connectivity index (χ3v) is 2.62. The van der Waals surface area contributed by atoms with Gasteiger partial charge in [0.15, 0.2) is 5.78 Å². The number of hydrogen-bond acceptors (Lipinski definition) is 5. The highest BCUT2D eigenvalue weighted by atomic mass is 16.7. The average molecular weight is 200 g/mol.